The molecule has 0 spiro atoms. The molecule has 0 amide bonds. The van der Waals surface area contributed by atoms with Crippen molar-refractivity contribution >= 4 is 0 Å². The first kappa shape index (κ1) is 11.9. The fourth-order valence-corrected chi connectivity index (χ4v) is 1.39. The maximum Gasteiger partial charge on any atom is 0.165 e. The summed E-state index contributed by atoms with van der Waals surface area (Å²) in [5.74, 6) is -1.49. The minimum atomic E-state index is -0.777. The predicted octanol–water partition coefficient (Wildman–Crippen LogP) is 1.36. The standard InChI is InChI=1S/C10H13F2NO2/c1-15-10-7(12)3-2-6(11)9(10)8(13)4-5-14/h2-3,8,14H,4-5,13H2,1H3. The quantitative estimate of drug-likeness (QED) is 0.800. The lowest BCUT2D eigenvalue weighted by Crippen LogP contribution is -2.15. The molecule has 15 heavy (non-hydrogen) atoms. The number of aliphatic hydroxyl groups excluding tert-OH is 1. The SMILES string of the molecule is COc1c(F)ccc(F)c1C(N)CCO. The van der Waals surface area contributed by atoms with Gasteiger partial charge in [-0.1, -0.05) is 0 Å². The summed E-state index contributed by atoms with van der Waals surface area (Å²) in [7, 11) is 1.24. The van der Waals surface area contributed by atoms with Gasteiger partial charge in [-0.2, -0.15) is 0 Å². The fraction of sp³-hybridized carbons (Fsp3) is 0.400. The molecule has 0 fully saturated rings. The molecule has 3 N–H and O–H groups in total. The number of hydrogen-bond acceptors (Lipinski definition) is 3. The Morgan fingerprint density at radius 1 is 1.40 bits per heavy atom. The van der Waals surface area contributed by atoms with Crippen molar-refractivity contribution in [2.45, 2.75) is 12.5 Å². The van der Waals surface area contributed by atoms with Gasteiger partial charge in [-0.25, -0.2) is 8.78 Å². The van der Waals surface area contributed by atoms with E-state index >= 15 is 0 Å². The van der Waals surface area contributed by atoms with Crippen molar-refractivity contribution < 1.29 is 18.6 Å². The monoisotopic (exact) mass is 217 g/mol. The second-order valence-electron chi connectivity index (χ2n) is 3.09. The highest BCUT2D eigenvalue weighted by atomic mass is 19.1. The largest absolute Gasteiger partial charge is 0.493 e. The molecule has 1 rings (SSSR count). The molecule has 0 aromatic heterocycles. The first-order valence-electron chi connectivity index (χ1n) is 4.50. The van der Waals surface area contributed by atoms with Crippen LogP contribution in [0.3, 0.4) is 0 Å². The van der Waals surface area contributed by atoms with Crippen LogP contribution in [-0.2, 0) is 0 Å². The van der Waals surface area contributed by atoms with Crippen LogP contribution >= 0.6 is 0 Å². The van der Waals surface area contributed by atoms with Crippen molar-refractivity contribution in [3.8, 4) is 5.75 Å². The lowest BCUT2D eigenvalue weighted by atomic mass is 10.0. The number of aliphatic hydroxyl groups is 1. The van der Waals surface area contributed by atoms with Gasteiger partial charge in [0.2, 0.25) is 0 Å². The molecule has 1 aromatic rings. The average Bonchev–Trinajstić information content (AvgIpc) is 2.21. The Hall–Kier alpha value is -1.20. The molecule has 0 saturated heterocycles. The van der Waals surface area contributed by atoms with Gasteiger partial charge in [0.15, 0.2) is 11.6 Å². The van der Waals surface area contributed by atoms with Crippen molar-refractivity contribution in [2.24, 2.45) is 5.73 Å². The van der Waals surface area contributed by atoms with Gasteiger partial charge < -0.3 is 15.6 Å². The van der Waals surface area contributed by atoms with Crippen LogP contribution in [0.5, 0.6) is 5.75 Å². The molecule has 3 nitrogen and oxygen atoms in total. The Morgan fingerprint density at radius 2 is 2.00 bits per heavy atom. The number of rotatable bonds is 4. The molecule has 0 aliphatic carbocycles. The Morgan fingerprint density at radius 3 is 2.53 bits per heavy atom. The summed E-state index contributed by atoms with van der Waals surface area (Å²) >= 11 is 0. The summed E-state index contributed by atoms with van der Waals surface area (Å²) in [4.78, 5) is 0. The summed E-state index contributed by atoms with van der Waals surface area (Å²) in [6, 6.07) is 1.19. The molecule has 0 aliphatic rings. The van der Waals surface area contributed by atoms with Crippen LogP contribution in [0.25, 0.3) is 0 Å². The van der Waals surface area contributed by atoms with E-state index in [4.69, 9.17) is 15.6 Å². The Balaban J connectivity index is 3.18. The predicted molar refractivity (Wildman–Crippen MR) is 51.5 cm³/mol. The third-order valence-electron chi connectivity index (χ3n) is 2.11. The molecule has 1 unspecified atom stereocenters. The molecule has 0 radical (unpaired) electrons. The van der Waals surface area contributed by atoms with E-state index in [0.29, 0.717) is 0 Å². The van der Waals surface area contributed by atoms with E-state index in [-0.39, 0.29) is 24.3 Å². The molecule has 0 aliphatic heterocycles. The highest BCUT2D eigenvalue weighted by Crippen LogP contribution is 2.30. The van der Waals surface area contributed by atoms with Crippen molar-refractivity contribution in [1.29, 1.82) is 0 Å². The minimum Gasteiger partial charge on any atom is -0.493 e. The maximum atomic E-state index is 13.4. The van der Waals surface area contributed by atoms with Crippen LogP contribution in [-0.4, -0.2) is 18.8 Å². The molecule has 0 heterocycles. The van der Waals surface area contributed by atoms with Crippen LogP contribution in [0.4, 0.5) is 8.78 Å². The van der Waals surface area contributed by atoms with Gasteiger partial charge in [-0.15, -0.1) is 0 Å². The third-order valence-corrected chi connectivity index (χ3v) is 2.11. The average molecular weight is 217 g/mol. The zero-order chi connectivity index (χ0) is 11.4. The van der Waals surface area contributed by atoms with Gasteiger partial charge in [0.05, 0.1) is 7.11 Å². The molecular formula is C10H13F2NO2. The van der Waals surface area contributed by atoms with Crippen LogP contribution in [0.15, 0.2) is 12.1 Å². The summed E-state index contributed by atoms with van der Waals surface area (Å²) in [5, 5.41) is 8.68. The molecule has 5 heteroatoms. The topological polar surface area (TPSA) is 55.5 Å². The number of methoxy groups -OCH3 is 1. The normalized spacial score (nSPS) is 12.6. The third kappa shape index (κ3) is 2.43. The van der Waals surface area contributed by atoms with Crippen LogP contribution in [0.2, 0.25) is 0 Å². The van der Waals surface area contributed by atoms with Crippen molar-refractivity contribution in [2.75, 3.05) is 13.7 Å². The molecule has 84 valence electrons. The minimum absolute atomic E-state index is 0.0356. The molecule has 0 bridgehead atoms. The Labute approximate surface area is 86.5 Å². The summed E-state index contributed by atoms with van der Waals surface area (Å²) in [6.45, 7) is -0.194. The summed E-state index contributed by atoms with van der Waals surface area (Å²) in [6.07, 6.45) is 0.150. The Kier molecular flexibility index (Phi) is 3.99. The number of ether oxygens (including phenoxy) is 1. The van der Waals surface area contributed by atoms with Gasteiger partial charge in [0, 0.05) is 18.2 Å². The number of hydrogen-bond donors (Lipinski definition) is 2. The molecular weight excluding hydrogens is 204 g/mol. The molecule has 1 aromatic carbocycles. The lowest BCUT2D eigenvalue weighted by Gasteiger charge is -2.15. The van der Waals surface area contributed by atoms with Crippen molar-refractivity contribution in [3.63, 3.8) is 0 Å². The second-order valence-corrected chi connectivity index (χ2v) is 3.09. The first-order chi connectivity index (χ1) is 7.11. The molecule has 0 saturated carbocycles. The number of benzene rings is 1. The van der Waals surface area contributed by atoms with Gasteiger partial charge in [-0.3, -0.25) is 0 Å². The van der Waals surface area contributed by atoms with Crippen LogP contribution in [0.1, 0.15) is 18.0 Å². The second kappa shape index (κ2) is 5.04. The zero-order valence-electron chi connectivity index (χ0n) is 8.34. The van der Waals surface area contributed by atoms with Crippen molar-refractivity contribution in [3.05, 3.63) is 29.3 Å². The Bertz CT molecular complexity index is 344. The lowest BCUT2D eigenvalue weighted by molar-refractivity contribution is 0.273. The van der Waals surface area contributed by atoms with E-state index in [2.05, 4.69) is 0 Å². The first-order valence-corrected chi connectivity index (χ1v) is 4.50. The molecule has 1 atom stereocenters. The van der Waals surface area contributed by atoms with E-state index in [1.165, 1.54) is 7.11 Å². The summed E-state index contributed by atoms with van der Waals surface area (Å²) in [5.41, 5.74) is 5.57. The van der Waals surface area contributed by atoms with Gasteiger partial charge in [-0.05, 0) is 18.6 Å². The zero-order valence-corrected chi connectivity index (χ0v) is 8.34. The summed E-state index contributed by atoms with van der Waals surface area (Å²) < 4.78 is 31.4. The van der Waals surface area contributed by atoms with Crippen LogP contribution < -0.4 is 10.5 Å². The van der Waals surface area contributed by atoms with Gasteiger partial charge in [0.1, 0.15) is 5.82 Å². The highest BCUT2D eigenvalue weighted by molar-refractivity contribution is 5.38. The van der Waals surface area contributed by atoms with E-state index < -0.39 is 17.7 Å². The van der Waals surface area contributed by atoms with E-state index in [1.807, 2.05) is 0 Å². The number of nitrogens with two attached hydrogens (primary N) is 1. The number of halogens is 2. The van der Waals surface area contributed by atoms with E-state index in [0.717, 1.165) is 12.1 Å². The van der Waals surface area contributed by atoms with Gasteiger partial charge in [0.25, 0.3) is 0 Å². The maximum absolute atomic E-state index is 13.4. The van der Waals surface area contributed by atoms with Crippen LogP contribution in [0, 0.1) is 11.6 Å². The fourth-order valence-electron chi connectivity index (χ4n) is 1.39. The smallest absolute Gasteiger partial charge is 0.165 e. The van der Waals surface area contributed by atoms with E-state index in [9.17, 15) is 8.78 Å². The van der Waals surface area contributed by atoms with Crippen molar-refractivity contribution in [1.82, 2.24) is 0 Å². The van der Waals surface area contributed by atoms with Gasteiger partial charge >= 0.3 is 0 Å². The van der Waals surface area contributed by atoms with E-state index in [1.54, 1.807) is 0 Å². The highest BCUT2D eigenvalue weighted by Gasteiger charge is 2.19.